The van der Waals surface area contributed by atoms with Crippen molar-refractivity contribution in [2.24, 2.45) is 0 Å². The van der Waals surface area contributed by atoms with E-state index in [1.807, 2.05) is 61.5 Å². The molecule has 0 bridgehead atoms. The highest BCUT2D eigenvalue weighted by molar-refractivity contribution is 6.12. The third-order valence-electron chi connectivity index (χ3n) is 6.55. The minimum Gasteiger partial charge on any atom is -0.466 e. The first-order valence-electron chi connectivity index (χ1n) is 15.5. The standard InChI is InChI=1S/C15H16O.C12H17NO4.C10H12O2/c1-3-13-6-10-15(11-7-13)16-14-8-4-12(2)5-9-14;1-2-17-12(16)6-4-3-5-9-13-10(14)7-8-11(13)15;1-2-12-10(11)8-9-6-4-3-5-7-9/h4-11H,3H2,1-2H3;7-8H,2-6,9H2,1H3;3-7H,2,8H2,1H3. The van der Waals surface area contributed by atoms with Crippen LogP contribution in [0.4, 0.5) is 0 Å². The molecule has 0 saturated carbocycles. The van der Waals surface area contributed by atoms with Crippen LogP contribution in [0.25, 0.3) is 0 Å². The van der Waals surface area contributed by atoms with Crippen molar-refractivity contribution < 1.29 is 33.4 Å². The van der Waals surface area contributed by atoms with Gasteiger partial charge in [0.25, 0.3) is 11.8 Å². The Morgan fingerprint density at radius 1 is 0.644 bits per heavy atom. The average Bonchev–Trinajstić information content (AvgIpc) is 3.36. The number of ether oxygens (including phenoxy) is 3. The van der Waals surface area contributed by atoms with E-state index in [1.165, 1.54) is 28.2 Å². The van der Waals surface area contributed by atoms with E-state index in [4.69, 9.17) is 14.2 Å². The molecule has 0 N–H and O–H groups in total. The first kappa shape index (κ1) is 36.5. The molecule has 2 amide bonds. The van der Waals surface area contributed by atoms with Crippen molar-refractivity contribution in [3.63, 3.8) is 0 Å². The summed E-state index contributed by atoms with van der Waals surface area (Å²) >= 11 is 0. The molecule has 8 heteroatoms. The molecule has 0 unspecified atom stereocenters. The van der Waals surface area contributed by atoms with Crippen LogP contribution in [-0.4, -0.2) is 48.4 Å². The zero-order valence-corrected chi connectivity index (χ0v) is 26.8. The summed E-state index contributed by atoms with van der Waals surface area (Å²) < 4.78 is 15.3. The summed E-state index contributed by atoms with van der Waals surface area (Å²) in [5, 5.41) is 0. The summed E-state index contributed by atoms with van der Waals surface area (Å²) in [6.07, 6.45) is 6.63. The molecule has 0 atom stereocenters. The van der Waals surface area contributed by atoms with Crippen molar-refractivity contribution in [3.05, 3.63) is 108 Å². The number of hydrogen-bond acceptors (Lipinski definition) is 7. The van der Waals surface area contributed by atoms with Crippen molar-refractivity contribution in [2.45, 2.75) is 66.2 Å². The number of nitrogens with zero attached hydrogens (tertiary/aromatic N) is 1. The lowest BCUT2D eigenvalue weighted by molar-refractivity contribution is -0.143. The lowest BCUT2D eigenvalue weighted by Crippen LogP contribution is -2.30. The van der Waals surface area contributed by atoms with Crippen molar-refractivity contribution >= 4 is 23.8 Å². The lowest BCUT2D eigenvalue weighted by Gasteiger charge is -2.12. The predicted octanol–water partition coefficient (Wildman–Crippen LogP) is 7.18. The van der Waals surface area contributed by atoms with Gasteiger partial charge in [0, 0.05) is 25.1 Å². The van der Waals surface area contributed by atoms with Gasteiger partial charge in [0.2, 0.25) is 0 Å². The molecule has 45 heavy (non-hydrogen) atoms. The van der Waals surface area contributed by atoms with E-state index in [0.717, 1.165) is 42.7 Å². The van der Waals surface area contributed by atoms with Gasteiger partial charge in [0.05, 0.1) is 19.6 Å². The number of hydrogen-bond donors (Lipinski definition) is 0. The van der Waals surface area contributed by atoms with Crippen molar-refractivity contribution in [2.75, 3.05) is 19.8 Å². The van der Waals surface area contributed by atoms with Gasteiger partial charge < -0.3 is 14.2 Å². The van der Waals surface area contributed by atoms with Gasteiger partial charge in [-0.25, -0.2) is 0 Å². The molecular weight excluding hydrogens is 570 g/mol. The van der Waals surface area contributed by atoms with Crippen LogP contribution in [0.3, 0.4) is 0 Å². The van der Waals surface area contributed by atoms with Gasteiger partial charge in [-0.3, -0.25) is 24.1 Å². The zero-order chi connectivity index (χ0) is 32.9. The summed E-state index contributed by atoms with van der Waals surface area (Å²) in [6, 6.07) is 25.9. The number of rotatable bonds is 13. The first-order chi connectivity index (χ1) is 21.7. The fraction of sp³-hybridized carbons (Fsp3) is 0.351. The highest BCUT2D eigenvalue weighted by atomic mass is 16.5. The molecule has 4 rings (SSSR count). The Labute approximate surface area is 267 Å². The number of carbonyl (C=O) groups excluding carboxylic acids is 4. The lowest BCUT2D eigenvalue weighted by atomic mass is 10.2. The van der Waals surface area contributed by atoms with Crippen molar-refractivity contribution in [1.82, 2.24) is 4.90 Å². The molecular formula is C37H45NO7. The van der Waals surface area contributed by atoms with Crippen LogP contribution in [0.2, 0.25) is 0 Å². The zero-order valence-electron chi connectivity index (χ0n) is 26.8. The molecule has 1 heterocycles. The number of benzene rings is 3. The second-order valence-corrected chi connectivity index (χ2v) is 10.2. The molecule has 0 aromatic heterocycles. The van der Waals surface area contributed by atoms with E-state index in [9.17, 15) is 19.2 Å². The number of aryl methyl sites for hydroxylation is 2. The molecule has 0 fully saturated rings. The number of imide groups is 1. The van der Waals surface area contributed by atoms with E-state index in [-0.39, 0.29) is 23.8 Å². The summed E-state index contributed by atoms with van der Waals surface area (Å²) in [5.74, 6) is 0.919. The maximum Gasteiger partial charge on any atom is 0.310 e. The molecule has 0 saturated heterocycles. The van der Waals surface area contributed by atoms with Crippen molar-refractivity contribution in [3.8, 4) is 11.5 Å². The Kier molecular flexibility index (Phi) is 17.1. The maximum absolute atomic E-state index is 11.2. The van der Waals surface area contributed by atoms with Crippen LogP contribution >= 0.6 is 0 Å². The third-order valence-corrected chi connectivity index (χ3v) is 6.55. The van der Waals surface area contributed by atoms with Gasteiger partial charge in [-0.05, 0) is 75.4 Å². The molecule has 1 aliphatic rings. The fourth-order valence-corrected chi connectivity index (χ4v) is 4.11. The van der Waals surface area contributed by atoms with Crippen LogP contribution in [-0.2, 0) is 41.5 Å². The summed E-state index contributed by atoms with van der Waals surface area (Å²) in [7, 11) is 0. The summed E-state index contributed by atoms with van der Waals surface area (Å²) in [4.78, 5) is 45.6. The Hall–Kier alpha value is -4.72. The number of esters is 2. The Morgan fingerprint density at radius 3 is 1.76 bits per heavy atom. The van der Waals surface area contributed by atoms with Crippen LogP contribution in [0, 0.1) is 6.92 Å². The SMILES string of the molecule is CCOC(=O)CCCCCN1C(=O)C=CC1=O.CCOC(=O)Cc1ccccc1.CCc1ccc(Oc2ccc(C)cc2)cc1. The Bertz CT molecular complexity index is 1330. The Balaban J connectivity index is 0.000000239. The number of unbranched alkanes of at least 4 members (excludes halogenated alkanes) is 2. The van der Waals surface area contributed by atoms with E-state index in [0.29, 0.717) is 32.6 Å². The van der Waals surface area contributed by atoms with Gasteiger partial charge >= 0.3 is 11.9 Å². The fourth-order valence-electron chi connectivity index (χ4n) is 4.11. The van der Waals surface area contributed by atoms with Crippen LogP contribution < -0.4 is 4.74 Å². The van der Waals surface area contributed by atoms with E-state index < -0.39 is 0 Å². The second kappa shape index (κ2) is 21.1. The van der Waals surface area contributed by atoms with E-state index in [1.54, 1.807) is 6.92 Å². The average molecular weight is 616 g/mol. The van der Waals surface area contributed by atoms with Crippen LogP contribution in [0.1, 0.15) is 63.1 Å². The monoisotopic (exact) mass is 615 g/mol. The van der Waals surface area contributed by atoms with Crippen molar-refractivity contribution in [1.29, 1.82) is 0 Å². The van der Waals surface area contributed by atoms with E-state index >= 15 is 0 Å². The molecule has 0 spiro atoms. The van der Waals surface area contributed by atoms with Gasteiger partial charge in [-0.1, -0.05) is 73.5 Å². The van der Waals surface area contributed by atoms with E-state index in [2.05, 4.69) is 38.1 Å². The number of carbonyl (C=O) groups is 4. The second-order valence-electron chi connectivity index (χ2n) is 10.2. The quantitative estimate of drug-likeness (QED) is 0.114. The largest absolute Gasteiger partial charge is 0.466 e. The topological polar surface area (TPSA) is 99.2 Å². The molecule has 0 aliphatic carbocycles. The predicted molar refractivity (Wildman–Crippen MR) is 175 cm³/mol. The summed E-state index contributed by atoms with van der Waals surface area (Å²) in [5.41, 5.74) is 3.57. The maximum atomic E-state index is 11.2. The first-order valence-corrected chi connectivity index (χ1v) is 15.5. The molecule has 1 aliphatic heterocycles. The molecule has 3 aromatic carbocycles. The third kappa shape index (κ3) is 15.0. The smallest absolute Gasteiger partial charge is 0.310 e. The van der Waals surface area contributed by atoms with Gasteiger partial charge in [-0.15, -0.1) is 0 Å². The molecule has 8 nitrogen and oxygen atoms in total. The summed E-state index contributed by atoms with van der Waals surface area (Å²) in [6.45, 7) is 9.08. The molecule has 240 valence electrons. The highest BCUT2D eigenvalue weighted by Gasteiger charge is 2.22. The van der Waals surface area contributed by atoms with Crippen LogP contribution in [0.5, 0.6) is 11.5 Å². The van der Waals surface area contributed by atoms with Gasteiger partial charge in [-0.2, -0.15) is 0 Å². The molecule has 3 aromatic rings. The number of amides is 2. The Morgan fingerprint density at radius 2 is 1.20 bits per heavy atom. The van der Waals surface area contributed by atoms with Crippen LogP contribution in [0.15, 0.2) is 91.0 Å². The highest BCUT2D eigenvalue weighted by Crippen LogP contribution is 2.22. The minimum absolute atomic E-state index is 0.163. The molecule has 0 radical (unpaired) electrons. The van der Waals surface area contributed by atoms with Gasteiger partial charge in [0.1, 0.15) is 11.5 Å². The normalized spacial score (nSPS) is 11.6. The van der Waals surface area contributed by atoms with Gasteiger partial charge in [0.15, 0.2) is 0 Å². The minimum atomic E-state index is -0.250.